The van der Waals surface area contributed by atoms with Gasteiger partial charge in [0.2, 0.25) is 0 Å². The largest absolute Gasteiger partial charge is 0.478 e. The number of rotatable bonds is 4. The van der Waals surface area contributed by atoms with E-state index < -0.39 is 5.97 Å². The van der Waals surface area contributed by atoms with Crippen LogP contribution in [0.2, 0.25) is 0 Å². The summed E-state index contributed by atoms with van der Waals surface area (Å²) in [7, 11) is 2.13. The number of hydrogen-bond acceptors (Lipinski definition) is 5. The number of aromatic nitrogens is 1. The van der Waals surface area contributed by atoms with E-state index in [9.17, 15) is 4.79 Å². The number of carboxylic acid groups (broad SMARTS) is 1. The molecule has 6 heteroatoms. The second-order valence-electron chi connectivity index (χ2n) is 4.42. The third kappa shape index (κ3) is 3.90. The molecule has 0 bridgehead atoms. The van der Waals surface area contributed by atoms with E-state index in [1.807, 2.05) is 5.38 Å². The summed E-state index contributed by atoms with van der Waals surface area (Å²) in [4.78, 5) is 19.5. The summed E-state index contributed by atoms with van der Waals surface area (Å²) in [5.41, 5.74) is 0.728. The highest BCUT2D eigenvalue weighted by molar-refractivity contribution is 7.09. The van der Waals surface area contributed by atoms with Gasteiger partial charge >= 0.3 is 5.97 Å². The molecule has 0 amide bonds. The lowest BCUT2D eigenvalue weighted by Crippen LogP contribution is -2.43. The number of piperazine rings is 1. The van der Waals surface area contributed by atoms with Crippen molar-refractivity contribution in [3.8, 4) is 0 Å². The average Bonchev–Trinajstić information content (AvgIpc) is 2.77. The molecule has 0 saturated carbocycles. The van der Waals surface area contributed by atoms with Crippen LogP contribution in [0.25, 0.3) is 6.08 Å². The fraction of sp³-hybridized carbons (Fsp3) is 0.500. The van der Waals surface area contributed by atoms with Crippen LogP contribution >= 0.6 is 11.3 Å². The van der Waals surface area contributed by atoms with Crippen molar-refractivity contribution in [2.75, 3.05) is 33.2 Å². The highest BCUT2D eigenvalue weighted by atomic mass is 32.1. The Morgan fingerprint density at radius 1 is 1.50 bits per heavy atom. The molecule has 0 spiro atoms. The van der Waals surface area contributed by atoms with Crippen molar-refractivity contribution >= 4 is 23.4 Å². The van der Waals surface area contributed by atoms with Gasteiger partial charge in [-0.2, -0.15) is 0 Å². The van der Waals surface area contributed by atoms with Gasteiger partial charge in [-0.25, -0.2) is 9.78 Å². The predicted molar refractivity (Wildman–Crippen MR) is 71.6 cm³/mol. The molecule has 0 unspecified atom stereocenters. The monoisotopic (exact) mass is 267 g/mol. The minimum absolute atomic E-state index is 0.728. The fourth-order valence-electron chi connectivity index (χ4n) is 1.83. The maximum Gasteiger partial charge on any atom is 0.328 e. The summed E-state index contributed by atoms with van der Waals surface area (Å²) in [6.45, 7) is 5.18. The van der Waals surface area contributed by atoms with Gasteiger partial charge in [-0.15, -0.1) is 11.3 Å². The second kappa shape index (κ2) is 6.08. The predicted octanol–water partition coefficient (Wildman–Crippen LogP) is 0.988. The topological polar surface area (TPSA) is 56.7 Å². The van der Waals surface area contributed by atoms with Crippen LogP contribution in [-0.2, 0) is 11.3 Å². The Hall–Kier alpha value is -1.24. The van der Waals surface area contributed by atoms with Crippen LogP contribution in [0.15, 0.2) is 11.5 Å². The molecule has 2 rings (SSSR count). The fourth-order valence-corrected chi connectivity index (χ4v) is 2.63. The van der Waals surface area contributed by atoms with E-state index in [1.165, 1.54) is 6.08 Å². The van der Waals surface area contributed by atoms with Crippen LogP contribution < -0.4 is 0 Å². The molecular formula is C12H17N3O2S. The van der Waals surface area contributed by atoms with E-state index in [4.69, 9.17) is 5.11 Å². The molecule has 1 saturated heterocycles. The highest BCUT2D eigenvalue weighted by Gasteiger charge is 2.14. The quantitative estimate of drug-likeness (QED) is 0.824. The molecule has 1 aliphatic heterocycles. The number of nitrogens with zero attached hydrogens (tertiary/aromatic N) is 3. The first kappa shape index (κ1) is 13.2. The van der Waals surface area contributed by atoms with Gasteiger partial charge in [-0.1, -0.05) is 0 Å². The Kier molecular flexibility index (Phi) is 4.46. The number of carboxylic acids is 1. The standard InChI is InChI=1S/C12H17N3O2S/c1-14-4-6-15(7-5-14)8-11-13-10(9-18-11)2-3-12(16)17/h2-3,9H,4-8H2,1H3,(H,16,17)/b3-2+. The van der Waals surface area contributed by atoms with E-state index in [0.29, 0.717) is 0 Å². The number of carbonyl (C=O) groups is 1. The first-order valence-electron chi connectivity index (χ1n) is 5.90. The van der Waals surface area contributed by atoms with Crippen LogP contribution in [0.5, 0.6) is 0 Å². The van der Waals surface area contributed by atoms with Gasteiger partial charge in [0.15, 0.2) is 0 Å². The zero-order chi connectivity index (χ0) is 13.0. The van der Waals surface area contributed by atoms with E-state index in [0.717, 1.165) is 49.5 Å². The normalized spacial score (nSPS) is 18.5. The molecule has 1 fully saturated rings. The van der Waals surface area contributed by atoms with Crippen LogP contribution in [0.1, 0.15) is 10.7 Å². The van der Waals surface area contributed by atoms with Crippen LogP contribution in [-0.4, -0.2) is 59.1 Å². The van der Waals surface area contributed by atoms with E-state index in [-0.39, 0.29) is 0 Å². The maximum absolute atomic E-state index is 10.4. The minimum atomic E-state index is -0.941. The molecule has 18 heavy (non-hydrogen) atoms. The third-order valence-corrected chi connectivity index (χ3v) is 3.77. The van der Waals surface area contributed by atoms with Gasteiger partial charge < -0.3 is 10.0 Å². The number of thiazole rings is 1. The Balaban J connectivity index is 1.88. The number of hydrogen-bond donors (Lipinski definition) is 1. The van der Waals surface area contributed by atoms with Gasteiger partial charge in [-0.3, -0.25) is 4.90 Å². The van der Waals surface area contributed by atoms with Gasteiger partial charge in [-0.05, 0) is 13.1 Å². The van der Waals surface area contributed by atoms with E-state index in [2.05, 4.69) is 21.8 Å². The lowest BCUT2D eigenvalue weighted by molar-refractivity contribution is -0.131. The van der Waals surface area contributed by atoms with E-state index in [1.54, 1.807) is 11.3 Å². The second-order valence-corrected chi connectivity index (χ2v) is 5.36. The summed E-state index contributed by atoms with van der Waals surface area (Å²) in [5.74, 6) is -0.941. The maximum atomic E-state index is 10.4. The molecule has 98 valence electrons. The molecule has 1 aliphatic rings. The third-order valence-electron chi connectivity index (χ3n) is 2.92. The molecule has 2 heterocycles. The highest BCUT2D eigenvalue weighted by Crippen LogP contribution is 2.14. The first-order valence-corrected chi connectivity index (χ1v) is 6.78. The van der Waals surface area contributed by atoms with Crippen molar-refractivity contribution in [3.05, 3.63) is 22.2 Å². The SMILES string of the molecule is CN1CCN(Cc2nc(/C=C/C(=O)O)cs2)CC1. The lowest BCUT2D eigenvalue weighted by Gasteiger charge is -2.31. The summed E-state index contributed by atoms with van der Waals surface area (Å²) in [6, 6.07) is 0. The lowest BCUT2D eigenvalue weighted by atomic mass is 10.3. The molecule has 0 aliphatic carbocycles. The van der Waals surface area contributed by atoms with Gasteiger partial charge in [0.25, 0.3) is 0 Å². The molecule has 1 N–H and O–H groups in total. The Labute approximate surface area is 110 Å². The summed E-state index contributed by atoms with van der Waals surface area (Å²) in [6.07, 6.45) is 2.65. The zero-order valence-corrected chi connectivity index (χ0v) is 11.2. The Morgan fingerprint density at radius 2 is 2.22 bits per heavy atom. The number of likely N-dealkylation sites (N-methyl/N-ethyl adjacent to an activating group) is 1. The molecule has 5 nitrogen and oxygen atoms in total. The average molecular weight is 267 g/mol. The first-order chi connectivity index (χ1) is 8.63. The molecule has 0 atom stereocenters. The van der Waals surface area contributed by atoms with Crippen molar-refractivity contribution in [2.24, 2.45) is 0 Å². The van der Waals surface area contributed by atoms with Crippen LogP contribution in [0.4, 0.5) is 0 Å². The minimum Gasteiger partial charge on any atom is -0.478 e. The van der Waals surface area contributed by atoms with Crippen molar-refractivity contribution in [1.29, 1.82) is 0 Å². The van der Waals surface area contributed by atoms with Crippen LogP contribution in [0, 0.1) is 0 Å². The van der Waals surface area contributed by atoms with Crippen molar-refractivity contribution in [1.82, 2.24) is 14.8 Å². The van der Waals surface area contributed by atoms with Gasteiger partial charge in [0.1, 0.15) is 5.01 Å². The zero-order valence-electron chi connectivity index (χ0n) is 10.4. The van der Waals surface area contributed by atoms with Crippen LogP contribution in [0.3, 0.4) is 0 Å². The van der Waals surface area contributed by atoms with Crippen molar-refractivity contribution in [2.45, 2.75) is 6.54 Å². The molecule has 1 aromatic heterocycles. The molecule has 1 aromatic rings. The molecular weight excluding hydrogens is 250 g/mol. The van der Waals surface area contributed by atoms with Crippen molar-refractivity contribution in [3.63, 3.8) is 0 Å². The summed E-state index contributed by atoms with van der Waals surface area (Å²) in [5, 5.41) is 11.5. The Bertz CT molecular complexity index is 436. The Morgan fingerprint density at radius 3 is 2.89 bits per heavy atom. The molecule has 0 radical (unpaired) electrons. The van der Waals surface area contributed by atoms with Crippen molar-refractivity contribution < 1.29 is 9.90 Å². The van der Waals surface area contributed by atoms with Gasteiger partial charge in [0, 0.05) is 37.6 Å². The summed E-state index contributed by atoms with van der Waals surface area (Å²) < 4.78 is 0. The smallest absolute Gasteiger partial charge is 0.328 e. The number of aliphatic carboxylic acids is 1. The molecule has 0 aromatic carbocycles. The van der Waals surface area contributed by atoms with Gasteiger partial charge in [0.05, 0.1) is 12.2 Å². The van der Waals surface area contributed by atoms with E-state index >= 15 is 0 Å². The summed E-state index contributed by atoms with van der Waals surface area (Å²) >= 11 is 1.59.